The number of aryl methyl sites for hydroxylation is 1. The number of aromatic nitrogens is 1. The Hall–Kier alpha value is -2.88. The third-order valence-corrected chi connectivity index (χ3v) is 4.19. The van der Waals surface area contributed by atoms with Gasteiger partial charge in [0.2, 0.25) is 0 Å². The van der Waals surface area contributed by atoms with Crippen molar-refractivity contribution < 1.29 is 14.6 Å². The van der Waals surface area contributed by atoms with Crippen molar-refractivity contribution in [1.82, 2.24) is 4.98 Å². The minimum absolute atomic E-state index is 0.125. The summed E-state index contributed by atoms with van der Waals surface area (Å²) >= 11 is 0. The highest BCUT2D eigenvalue weighted by atomic mass is 16.5. The number of hydrogen-bond donors (Lipinski definition) is 1. The first-order valence-corrected chi connectivity index (χ1v) is 7.87. The van der Waals surface area contributed by atoms with E-state index in [9.17, 15) is 4.79 Å². The molecule has 1 aromatic heterocycles. The van der Waals surface area contributed by atoms with E-state index >= 15 is 0 Å². The van der Waals surface area contributed by atoms with Crippen LogP contribution in [0.1, 0.15) is 23.1 Å². The zero-order valence-corrected chi connectivity index (χ0v) is 13.5. The van der Waals surface area contributed by atoms with Crippen LogP contribution in [-0.2, 0) is 17.6 Å². The van der Waals surface area contributed by atoms with Gasteiger partial charge in [0.05, 0.1) is 7.11 Å². The molecule has 3 rings (SSSR count). The molecule has 0 aliphatic rings. The highest BCUT2D eigenvalue weighted by Gasteiger charge is 2.10. The first-order valence-electron chi connectivity index (χ1n) is 7.87. The maximum atomic E-state index is 10.9. The SMILES string of the molecule is COc1ccc(Cc2cnccc2CCC(=O)O)c2ccccc12. The number of aliphatic carboxylic acids is 1. The number of nitrogens with zero attached hydrogens (tertiary/aromatic N) is 1. The van der Waals surface area contributed by atoms with Gasteiger partial charge in [-0.2, -0.15) is 0 Å². The van der Waals surface area contributed by atoms with Crippen LogP contribution in [0.25, 0.3) is 10.8 Å². The Bertz CT molecular complexity index is 874. The molecule has 0 aliphatic carbocycles. The summed E-state index contributed by atoms with van der Waals surface area (Å²) in [5.74, 6) is 0.0688. The number of carbonyl (C=O) groups is 1. The van der Waals surface area contributed by atoms with Gasteiger partial charge in [-0.15, -0.1) is 0 Å². The van der Waals surface area contributed by atoms with Crippen LogP contribution in [0.5, 0.6) is 5.75 Å². The van der Waals surface area contributed by atoms with Gasteiger partial charge in [-0.05, 0) is 47.1 Å². The van der Waals surface area contributed by atoms with Crippen LogP contribution in [0.2, 0.25) is 0 Å². The number of methoxy groups -OCH3 is 1. The predicted octanol–water partition coefficient (Wildman–Crippen LogP) is 3.85. The smallest absolute Gasteiger partial charge is 0.303 e. The minimum Gasteiger partial charge on any atom is -0.496 e. The summed E-state index contributed by atoms with van der Waals surface area (Å²) in [6.45, 7) is 0. The first kappa shape index (κ1) is 16.0. The number of carboxylic acids is 1. The predicted molar refractivity (Wildman–Crippen MR) is 93.5 cm³/mol. The molecule has 0 saturated carbocycles. The Morgan fingerprint density at radius 1 is 1.04 bits per heavy atom. The average molecular weight is 321 g/mol. The molecule has 0 amide bonds. The van der Waals surface area contributed by atoms with Gasteiger partial charge in [0, 0.05) is 24.2 Å². The van der Waals surface area contributed by atoms with Crippen molar-refractivity contribution >= 4 is 16.7 Å². The molecule has 0 atom stereocenters. The highest BCUT2D eigenvalue weighted by molar-refractivity contribution is 5.91. The largest absolute Gasteiger partial charge is 0.496 e. The van der Waals surface area contributed by atoms with Gasteiger partial charge in [0.1, 0.15) is 5.75 Å². The molecule has 24 heavy (non-hydrogen) atoms. The molecule has 1 N–H and O–H groups in total. The summed E-state index contributed by atoms with van der Waals surface area (Å²) in [5, 5.41) is 11.1. The summed E-state index contributed by atoms with van der Waals surface area (Å²) in [7, 11) is 1.67. The fourth-order valence-electron chi connectivity index (χ4n) is 2.97. The molecule has 0 spiro atoms. The standard InChI is InChI=1S/C20H19NO3/c1-24-19-8-6-15(17-4-2-3-5-18(17)19)12-16-13-21-11-10-14(16)7-9-20(22)23/h2-6,8,10-11,13H,7,9,12H2,1H3,(H,22,23). The molecule has 0 radical (unpaired) electrons. The van der Waals surface area contributed by atoms with Gasteiger partial charge >= 0.3 is 5.97 Å². The molecule has 4 nitrogen and oxygen atoms in total. The molecule has 1 heterocycles. The molecule has 0 aliphatic heterocycles. The number of ether oxygens (including phenoxy) is 1. The molecule has 2 aromatic carbocycles. The van der Waals surface area contributed by atoms with Crippen molar-refractivity contribution in [2.24, 2.45) is 0 Å². The van der Waals surface area contributed by atoms with Crippen molar-refractivity contribution in [2.75, 3.05) is 7.11 Å². The zero-order chi connectivity index (χ0) is 16.9. The van der Waals surface area contributed by atoms with Crippen LogP contribution in [-0.4, -0.2) is 23.2 Å². The molecule has 0 saturated heterocycles. The van der Waals surface area contributed by atoms with E-state index in [2.05, 4.69) is 17.1 Å². The van der Waals surface area contributed by atoms with E-state index in [1.165, 1.54) is 5.56 Å². The second-order valence-electron chi connectivity index (χ2n) is 5.69. The molecular formula is C20H19NO3. The third-order valence-electron chi connectivity index (χ3n) is 4.19. The van der Waals surface area contributed by atoms with Crippen molar-refractivity contribution in [3.05, 3.63) is 71.5 Å². The second kappa shape index (κ2) is 7.13. The summed E-state index contributed by atoms with van der Waals surface area (Å²) in [6.07, 6.45) is 4.90. The summed E-state index contributed by atoms with van der Waals surface area (Å²) in [4.78, 5) is 15.1. The summed E-state index contributed by atoms with van der Waals surface area (Å²) < 4.78 is 5.44. The van der Waals surface area contributed by atoms with E-state index in [4.69, 9.17) is 9.84 Å². The van der Waals surface area contributed by atoms with E-state index in [-0.39, 0.29) is 6.42 Å². The van der Waals surface area contributed by atoms with Crippen LogP contribution in [0.4, 0.5) is 0 Å². The summed E-state index contributed by atoms with van der Waals surface area (Å²) in [5.41, 5.74) is 3.28. The van der Waals surface area contributed by atoms with Gasteiger partial charge in [0.15, 0.2) is 0 Å². The van der Waals surface area contributed by atoms with Crippen LogP contribution in [0.3, 0.4) is 0 Å². The lowest BCUT2D eigenvalue weighted by atomic mass is 9.95. The lowest BCUT2D eigenvalue weighted by Gasteiger charge is -2.12. The molecule has 0 fully saturated rings. The van der Waals surface area contributed by atoms with Crippen molar-refractivity contribution in [1.29, 1.82) is 0 Å². The highest BCUT2D eigenvalue weighted by Crippen LogP contribution is 2.30. The fourth-order valence-corrected chi connectivity index (χ4v) is 2.97. The number of rotatable bonds is 6. The number of carboxylic acid groups (broad SMARTS) is 1. The molecule has 0 unspecified atom stereocenters. The van der Waals surface area contributed by atoms with Crippen LogP contribution >= 0.6 is 0 Å². The third kappa shape index (κ3) is 3.38. The number of pyridine rings is 1. The lowest BCUT2D eigenvalue weighted by Crippen LogP contribution is -2.02. The topological polar surface area (TPSA) is 59.4 Å². The maximum Gasteiger partial charge on any atom is 0.303 e. The van der Waals surface area contributed by atoms with Crippen LogP contribution < -0.4 is 4.74 Å². The van der Waals surface area contributed by atoms with E-state index in [0.29, 0.717) is 12.8 Å². The zero-order valence-electron chi connectivity index (χ0n) is 13.5. The normalized spacial score (nSPS) is 10.7. The Morgan fingerprint density at radius 3 is 2.58 bits per heavy atom. The molecule has 122 valence electrons. The second-order valence-corrected chi connectivity index (χ2v) is 5.69. The number of fused-ring (bicyclic) bond motifs is 1. The molecule has 3 aromatic rings. The fraction of sp³-hybridized carbons (Fsp3) is 0.200. The Labute approximate surface area is 140 Å². The van der Waals surface area contributed by atoms with E-state index in [1.54, 1.807) is 13.3 Å². The molecule has 4 heteroatoms. The van der Waals surface area contributed by atoms with Crippen molar-refractivity contribution in [2.45, 2.75) is 19.3 Å². The molecular weight excluding hydrogens is 302 g/mol. The average Bonchev–Trinajstić information content (AvgIpc) is 2.61. The quantitative estimate of drug-likeness (QED) is 0.749. The minimum atomic E-state index is -0.785. The van der Waals surface area contributed by atoms with E-state index in [0.717, 1.165) is 27.6 Å². The lowest BCUT2D eigenvalue weighted by molar-refractivity contribution is -0.136. The van der Waals surface area contributed by atoms with Gasteiger partial charge in [0.25, 0.3) is 0 Å². The van der Waals surface area contributed by atoms with Crippen molar-refractivity contribution in [3.63, 3.8) is 0 Å². The van der Waals surface area contributed by atoms with E-state index < -0.39 is 5.97 Å². The van der Waals surface area contributed by atoms with Gasteiger partial charge in [-0.25, -0.2) is 0 Å². The van der Waals surface area contributed by atoms with Crippen LogP contribution in [0.15, 0.2) is 54.9 Å². The first-order chi connectivity index (χ1) is 11.7. The van der Waals surface area contributed by atoms with Crippen molar-refractivity contribution in [3.8, 4) is 5.75 Å². The van der Waals surface area contributed by atoms with Crippen LogP contribution in [0, 0.1) is 0 Å². The van der Waals surface area contributed by atoms with Gasteiger partial charge in [-0.3, -0.25) is 9.78 Å². The maximum absolute atomic E-state index is 10.9. The van der Waals surface area contributed by atoms with Gasteiger partial charge in [-0.1, -0.05) is 30.3 Å². The van der Waals surface area contributed by atoms with Gasteiger partial charge < -0.3 is 9.84 Å². The van der Waals surface area contributed by atoms with E-state index in [1.807, 2.05) is 36.5 Å². The Morgan fingerprint density at radius 2 is 1.83 bits per heavy atom. The number of benzene rings is 2. The Kier molecular flexibility index (Phi) is 4.75. The monoisotopic (exact) mass is 321 g/mol. The molecule has 0 bridgehead atoms. The summed E-state index contributed by atoms with van der Waals surface area (Å²) in [6, 6.07) is 14.1. The Balaban J connectivity index is 1.98. The number of hydrogen-bond acceptors (Lipinski definition) is 3.